The van der Waals surface area contributed by atoms with Crippen molar-refractivity contribution in [3.8, 4) is 0 Å². The summed E-state index contributed by atoms with van der Waals surface area (Å²) < 4.78 is 4.00. The first-order valence-electron chi connectivity index (χ1n) is 1.48. The summed E-state index contributed by atoms with van der Waals surface area (Å²) in [7, 11) is 1.92. The van der Waals surface area contributed by atoms with Gasteiger partial charge in [-0.3, -0.25) is 4.76 Å². The van der Waals surface area contributed by atoms with Crippen LogP contribution < -0.4 is 0 Å². The van der Waals surface area contributed by atoms with Crippen LogP contribution >= 0.6 is 17.3 Å². The Morgan fingerprint density at radius 1 is 1.80 bits per heavy atom. The molecule has 0 aliphatic carbocycles. The van der Waals surface area contributed by atoms with Gasteiger partial charge in [0.05, 0.1) is 0 Å². The predicted molar refractivity (Wildman–Crippen MR) is 30.0 cm³/mol. The Morgan fingerprint density at radius 3 is 3.00 bits per heavy atom. The molecule has 0 bridgehead atoms. The maximum atomic E-state index is 4.00. The first kappa shape index (κ1) is 3.71. The van der Waals surface area contributed by atoms with Crippen molar-refractivity contribution in [2.75, 3.05) is 5.90 Å². The van der Waals surface area contributed by atoms with E-state index in [0.717, 1.165) is 17.3 Å². The minimum Gasteiger partial charge on any atom is -0.272 e. The molecule has 0 radical (unpaired) electrons. The standard InChI is InChI=1S/C2H5NP2/c1-3-5-2-4-1/h1,4-5H,2H2. The van der Waals surface area contributed by atoms with Crippen molar-refractivity contribution in [3.05, 3.63) is 0 Å². The Labute approximate surface area is 34.9 Å². The van der Waals surface area contributed by atoms with Crippen LogP contribution in [0.2, 0.25) is 0 Å². The second-order valence-electron chi connectivity index (χ2n) is 0.797. The van der Waals surface area contributed by atoms with Crippen LogP contribution in [0.25, 0.3) is 0 Å². The fourth-order valence-corrected chi connectivity index (χ4v) is 2.05. The lowest BCUT2D eigenvalue weighted by atomic mass is 11.7. The molecular formula is C2H5NP2. The Balaban J connectivity index is 2.32. The fraction of sp³-hybridized carbons (Fsp3) is 0.500. The third-order valence-corrected chi connectivity index (χ3v) is 2.76. The van der Waals surface area contributed by atoms with Gasteiger partial charge in [0, 0.05) is 20.6 Å². The molecule has 0 fully saturated rings. The van der Waals surface area contributed by atoms with Crippen molar-refractivity contribution in [1.82, 2.24) is 0 Å². The number of nitrogens with zero attached hydrogens (tertiary/aromatic N) is 1. The zero-order chi connectivity index (χ0) is 3.54. The Morgan fingerprint density at radius 2 is 2.80 bits per heavy atom. The van der Waals surface area contributed by atoms with Crippen LogP contribution in [-0.4, -0.2) is 11.9 Å². The maximum Gasteiger partial charge on any atom is 0.0233 e. The van der Waals surface area contributed by atoms with Crippen LogP contribution in [0.15, 0.2) is 4.76 Å². The molecule has 1 heterocycles. The average molecular weight is 105 g/mol. The van der Waals surface area contributed by atoms with Crippen molar-refractivity contribution < 1.29 is 0 Å². The monoisotopic (exact) mass is 105 g/mol. The molecule has 0 spiro atoms. The quantitative estimate of drug-likeness (QED) is 0.411. The molecule has 1 rings (SSSR count). The molecule has 0 amide bonds. The number of rotatable bonds is 0. The van der Waals surface area contributed by atoms with Crippen molar-refractivity contribution in [2.45, 2.75) is 0 Å². The minimum absolute atomic E-state index is 0.890. The highest BCUT2D eigenvalue weighted by atomic mass is 31.1. The van der Waals surface area contributed by atoms with Crippen molar-refractivity contribution in [2.24, 2.45) is 4.76 Å². The average Bonchev–Trinajstić information content (AvgIpc) is 1.76. The van der Waals surface area contributed by atoms with Crippen LogP contribution in [0.4, 0.5) is 0 Å². The molecule has 5 heavy (non-hydrogen) atoms. The summed E-state index contributed by atoms with van der Waals surface area (Å²) in [5.74, 6) is 3.36. The molecule has 1 aliphatic rings. The van der Waals surface area contributed by atoms with Gasteiger partial charge in [-0.2, -0.15) is 0 Å². The van der Waals surface area contributed by atoms with E-state index < -0.39 is 0 Å². The molecule has 0 aromatic rings. The Hall–Kier alpha value is 0.530. The third kappa shape index (κ3) is 0.948. The first-order valence-corrected chi connectivity index (χ1v) is 3.92. The van der Waals surface area contributed by atoms with E-state index in [4.69, 9.17) is 0 Å². The van der Waals surface area contributed by atoms with E-state index in [1.165, 1.54) is 5.90 Å². The lowest BCUT2D eigenvalue weighted by Crippen LogP contribution is -1.39. The lowest BCUT2D eigenvalue weighted by Gasteiger charge is -1.67. The van der Waals surface area contributed by atoms with Gasteiger partial charge in [0.25, 0.3) is 0 Å². The Bertz CT molecular complexity index is 45.6. The summed E-state index contributed by atoms with van der Waals surface area (Å²) in [6.45, 7) is 0. The highest BCUT2D eigenvalue weighted by Crippen LogP contribution is 2.29. The topological polar surface area (TPSA) is 12.4 Å². The zero-order valence-electron chi connectivity index (χ0n) is 2.73. The van der Waals surface area contributed by atoms with Crippen LogP contribution in [0.5, 0.6) is 0 Å². The van der Waals surface area contributed by atoms with Gasteiger partial charge in [0.15, 0.2) is 0 Å². The van der Waals surface area contributed by atoms with Gasteiger partial charge in [0.2, 0.25) is 0 Å². The zero-order valence-corrected chi connectivity index (χ0v) is 4.73. The van der Waals surface area contributed by atoms with Crippen LogP contribution in [0.1, 0.15) is 0 Å². The normalized spacial score (nSPS) is 30.4. The van der Waals surface area contributed by atoms with E-state index in [-0.39, 0.29) is 0 Å². The lowest BCUT2D eigenvalue weighted by molar-refractivity contribution is 1.98. The van der Waals surface area contributed by atoms with Gasteiger partial charge in [-0.05, 0) is 0 Å². The summed E-state index contributed by atoms with van der Waals surface area (Å²) in [6.07, 6.45) is 0. The number of hydrogen-bond donors (Lipinski definition) is 0. The first-order chi connectivity index (χ1) is 2.50. The summed E-state index contributed by atoms with van der Waals surface area (Å²) in [5.41, 5.74) is 0. The minimum atomic E-state index is 0.890. The second kappa shape index (κ2) is 1.85. The van der Waals surface area contributed by atoms with Crippen LogP contribution in [0, 0.1) is 0 Å². The van der Waals surface area contributed by atoms with Gasteiger partial charge >= 0.3 is 0 Å². The summed E-state index contributed by atoms with van der Waals surface area (Å²) in [5, 5.41) is 0. The van der Waals surface area contributed by atoms with Crippen molar-refractivity contribution in [1.29, 1.82) is 0 Å². The largest absolute Gasteiger partial charge is 0.272 e. The van der Waals surface area contributed by atoms with E-state index >= 15 is 0 Å². The molecule has 28 valence electrons. The van der Waals surface area contributed by atoms with E-state index in [1.807, 2.05) is 5.96 Å². The molecule has 2 atom stereocenters. The molecule has 0 N–H and O–H groups in total. The van der Waals surface area contributed by atoms with E-state index in [0.29, 0.717) is 0 Å². The van der Waals surface area contributed by atoms with Gasteiger partial charge < -0.3 is 0 Å². The molecule has 0 saturated carbocycles. The van der Waals surface area contributed by atoms with Crippen molar-refractivity contribution >= 4 is 23.3 Å². The summed E-state index contributed by atoms with van der Waals surface area (Å²) in [4.78, 5) is 0. The van der Waals surface area contributed by atoms with Gasteiger partial charge in [0.1, 0.15) is 0 Å². The van der Waals surface area contributed by atoms with Crippen LogP contribution in [-0.2, 0) is 0 Å². The van der Waals surface area contributed by atoms with E-state index in [9.17, 15) is 0 Å². The molecule has 1 nitrogen and oxygen atoms in total. The SMILES string of the molecule is C1=NPCP1. The smallest absolute Gasteiger partial charge is 0.0233 e. The molecule has 3 heteroatoms. The number of hydrogen-bond acceptors (Lipinski definition) is 1. The second-order valence-corrected chi connectivity index (χ2v) is 3.45. The third-order valence-electron chi connectivity index (χ3n) is 0.428. The Kier molecular flexibility index (Phi) is 1.37. The van der Waals surface area contributed by atoms with Gasteiger partial charge in [-0.25, -0.2) is 0 Å². The molecule has 0 saturated heterocycles. The van der Waals surface area contributed by atoms with Gasteiger partial charge in [-0.15, -0.1) is 0 Å². The van der Waals surface area contributed by atoms with Crippen LogP contribution in [0.3, 0.4) is 0 Å². The van der Waals surface area contributed by atoms with E-state index in [2.05, 4.69) is 4.76 Å². The predicted octanol–water partition coefficient (Wildman–Crippen LogP) is 1.26. The summed E-state index contributed by atoms with van der Waals surface area (Å²) in [6, 6.07) is 0. The molecule has 1 aliphatic heterocycles. The summed E-state index contributed by atoms with van der Waals surface area (Å²) >= 11 is 0. The molecule has 2 unspecified atom stereocenters. The highest BCUT2D eigenvalue weighted by Gasteiger charge is 1.85. The van der Waals surface area contributed by atoms with Gasteiger partial charge in [-0.1, -0.05) is 8.58 Å². The maximum absolute atomic E-state index is 4.00. The molecule has 0 aromatic carbocycles. The molecule has 0 aromatic heterocycles. The van der Waals surface area contributed by atoms with E-state index in [1.54, 1.807) is 0 Å². The molecular weight excluding hydrogens is 100.0 g/mol. The highest BCUT2D eigenvalue weighted by molar-refractivity contribution is 7.69. The fourth-order valence-electron chi connectivity index (χ4n) is 0.228. The van der Waals surface area contributed by atoms with Crippen molar-refractivity contribution in [3.63, 3.8) is 0 Å².